The van der Waals surface area contributed by atoms with Gasteiger partial charge in [0.2, 0.25) is 5.91 Å². The Balaban J connectivity index is 1.08. The fourth-order valence-electron chi connectivity index (χ4n) is 7.03. The van der Waals surface area contributed by atoms with Gasteiger partial charge in [0, 0.05) is 25.0 Å². The fourth-order valence-corrected chi connectivity index (χ4v) is 7.03. The summed E-state index contributed by atoms with van der Waals surface area (Å²) in [6.45, 7) is 1.17. The molecule has 1 N–H and O–H groups in total. The highest BCUT2D eigenvalue weighted by Gasteiger charge is 2.54. The van der Waals surface area contributed by atoms with Gasteiger partial charge in [0.25, 0.3) is 5.82 Å². The van der Waals surface area contributed by atoms with Gasteiger partial charge in [-0.05, 0) is 74.3 Å². The van der Waals surface area contributed by atoms with E-state index in [1.807, 2.05) is 4.90 Å². The van der Waals surface area contributed by atoms with Gasteiger partial charge in [0.05, 0.1) is 0 Å². The molecule has 1 amide bonds. The molecule has 7 nitrogen and oxygen atoms in total. The molecule has 3 saturated carbocycles. The van der Waals surface area contributed by atoms with E-state index < -0.39 is 12.0 Å². The van der Waals surface area contributed by atoms with E-state index in [-0.39, 0.29) is 17.5 Å². The second kappa shape index (κ2) is 7.31. The van der Waals surface area contributed by atoms with E-state index in [1.165, 1.54) is 31.7 Å². The molecule has 2 aromatic rings. The highest BCUT2D eigenvalue weighted by Crippen LogP contribution is 2.58. The van der Waals surface area contributed by atoms with Crippen LogP contribution in [0.25, 0.3) is 5.65 Å². The summed E-state index contributed by atoms with van der Waals surface area (Å²) in [5, 5.41) is 14.3. The average molecular weight is 448 g/mol. The molecular formula is C22H27F3N6O. The fraction of sp³-hybridized carbons (Fsp3) is 0.727. The van der Waals surface area contributed by atoms with Crippen LogP contribution < -0.4 is 10.2 Å². The number of amides is 1. The third-order valence-electron chi connectivity index (χ3n) is 8.45. The van der Waals surface area contributed by atoms with Crippen molar-refractivity contribution in [3.63, 3.8) is 0 Å². The lowest BCUT2D eigenvalue weighted by atomic mass is 9.79. The Bertz CT molecular complexity index is 1030. The zero-order chi connectivity index (χ0) is 22.0. The molecule has 5 unspecified atom stereocenters. The quantitative estimate of drug-likeness (QED) is 0.780. The number of hydrogen-bond donors (Lipinski definition) is 1. The Kier molecular flexibility index (Phi) is 4.62. The predicted octanol–water partition coefficient (Wildman–Crippen LogP) is 3.30. The van der Waals surface area contributed by atoms with Crippen LogP contribution in [-0.4, -0.2) is 44.8 Å². The van der Waals surface area contributed by atoms with E-state index in [4.69, 9.17) is 0 Å². The molecule has 0 radical (unpaired) electrons. The van der Waals surface area contributed by atoms with Crippen LogP contribution in [0.1, 0.15) is 50.8 Å². The zero-order valence-electron chi connectivity index (χ0n) is 17.8. The number of carbonyl (C=O) groups excluding carboxylic acids is 1. The maximum atomic E-state index is 13.1. The summed E-state index contributed by atoms with van der Waals surface area (Å²) >= 11 is 0. The minimum Gasteiger partial charge on any atom is -0.355 e. The van der Waals surface area contributed by atoms with Crippen LogP contribution in [0.15, 0.2) is 12.1 Å². The Labute approximate surface area is 183 Å². The van der Waals surface area contributed by atoms with Crippen LogP contribution in [0.5, 0.6) is 0 Å². The van der Waals surface area contributed by atoms with Gasteiger partial charge < -0.3 is 10.2 Å². The molecular weight excluding hydrogens is 421 g/mol. The zero-order valence-corrected chi connectivity index (χ0v) is 17.8. The van der Waals surface area contributed by atoms with Crippen LogP contribution in [0.3, 0.4) is 0 Å². The molecule has 2 bridgehead atoms. The van der Waals surface area contributed by atoms with Gasteiger partial charge >= 0.3 is 6.18 Å². The molecule has 6 rings (SSSR count). The lowest BCUT2D eigenvalue weighted by Gasteiger charge is -2.35. The summed E-state index contributed by atoms with van der Waals surface area (Å²) in [7, 11) is 0. The smallest absolute Gasteiger partial charge is 0.355 e. The van der Waals surface area contributed by atoms with Crippen molar-refractivity contribution >= 4 is 17.4 Å². The first kappa shape index (κ1) is 20.2. The maximum Gasteiger partial charge on any atom is 0.453 e. The van der Waals surface area contributed by atoms with Crippen molar-refractivity contribution in [1.82, 2.24) is 25.1 Å². The number of anilines is 1. The first-order valence-electron chi connectivity index (χ1n) is 11.7. The van der Waals surface area contributed by atoms with Crippen molar-refractivity contribution in [3.05, 3.63) is 18.0 Å². The Morgan fingerprint density at radius 3 is 2.56 bits per heavy atom. The molecule has 172 valence electrons. The predicted molar refractivity (Wildman–Crippen MR) is 110 cm³/mol. The summed E-state index contributed by atoms with van der Waals surface area (Å²) in [6, 6.07) is 3.50. The number of rotatable bonds is 3. The second-order valence-electron chi connectivity index (χ2n) is 10.0. The first-order valence-corrected chi connectivity index (χ1v) is 11.7. The number of aromatic nitrogens is 4. The van der Waals surface area contributed by atoms with Gasteiger partial charge in [0.1, 0.15) is 5.82 Å². The minimum atomic E-state index is -4.62. The van der Waals surface area contributed by atoms with E-state index in [0.29, 0.717) is 43.7 Å². The maximum absolute atomic E-state index is 13.1. The van der Waals surface area contributed by atoms with Crippen molar-refractivity contribution in [3.8, 4) is 0 Å². The highest BCUT2D eigenvalue weighted by atomic mass is 19.4. The number of halogens is 3. The Morgan fingerprint density at radius 2 is 1.78 bits per heavy atom. The SMILES string of the molecule is O=C(NC1CC2CC1C1CCCC21)C1CCN(c2ccc3nnc(C(F)(F)F)n3n2)CC1. The van der Waals surface area contributed by atoms with Crippen LogP contribution in [0.2, 0.25) is 0 Å². The van der Waals surface area contributed by atoms with Crippen LogP contribution >= 0.6 is 0 Å². The van der Waals surface area contributed by atoms with Crippen LogP contribution in [0.4, 0.5) is 19.0 Å². The van der Waals surface area contributed by atoms with E-state index >= 15 is 0 Å². The Hall–Kier alpha value is -2.39. The van der Waals surface area contributed by atoms with Gasteiger partial charge in [-0.2, -0.15) is 17.7 Å². The van der Waals surface area contributed by atoms with E-state index in [2.05, 4.69) is 20.6 Å². The van der Waals surface area contributed by atoms with E-state index in [9.17, 15) is 18.0 Å². The molecule has 3 aliphatic carbocycles. The average Bonchev–Trinajstić information content (AvgIpc) is 3.53. The first-order chi connectivity index (χ1) is 15.4. The third-order valence-corrected chi connectivity index (χ3v) is 8.45. The molecule has 3 heterocycles. The second-order valence-corrected chi connectivity index (χ2v) is 10.0. The minimum absolute atomic E-state index is 0.0471. The van der Waals surface area contributed by atoms with Gasteiger partial charge in [-0.3, -0.25) is 4.79 Å². The molecule has 1 aliphatic heterocycles. The van der Waals surface area contributed by atoms with Crippen molar-refractivity contribution in [2.24, 2.45) is 29.6 Å². The lowest BCUT2D eigenvalue weighted by Crippen LogP contribution is -2.47. The molecule has 0 spiro atoms. The number of nitrogens with one attached hydrogen (secondary N) is 1. The molecule has 4 aliphatic rings. The van der Waals surface area contributed by atoms with E-state index in [1.54, 1.807) is 6.07 Å². The lowest BCUT2D eigenvalue weighted by molar-refractivity contribution is -0.146. The monoisotopic (exact) mass is 448 g/mol. The normalized spacial score (nSPS) is 32.6. The number of fused-ring (bicyclic) bond motifs is 6. The number of piperidine rings is 1. The van der Waals surface area contributed by atoms with Crippen molar-refractivity contribution in [2.45, 2.75) is 57.2 Å². The molecule has 5 atom stereocenters. The molecule has 0 aromatic carbocycles. The van der Waals surface area contributed by atoms with Crippen LogP contribution in [-0.2, 0) is 11.0 Å². The summed E-state index contributed by atoms with van der Waals surface area (Å²) in [4.78, 5) is 14.9. The number of carbonyl (C=O) groups is 1. The van der Waals surface area contributed by atoms with Crippen molar-refractivity contribution in [1.29, 1.82) is 0 Å². The Morgan fingerprint density at radius 1 is 1.00 bits per heavy atom. The number of hydrogen-bond acceptors (Lipinski definition) is 5. The summed E-state index contributed by atoms with van der Waals surface area (Å²) in [5.74, 6) is 2.62. The van der Waals surface area contributed by atoms with Gasteiger partial charge in [-0.1, -0.05) is 6.42 Å². The molecule has 10 heteroatoms. The molecule has 32 heavy (non-hydrogen) atoms. The number of nitrogens with zero attached hydrogens (tertiary/aromatic N) is 5. The molecule has 2 aromatic heterocycles. The standard InChI is InChI=1S/C22H27F3N6O/c23-22(24,25)21-28-27-18-4-5-19(29-31(18)21)30-8-6-12(7-9-30)20(32)26-17-11-13-10-16(17)15-3-1-2-14(13)15/h4-5,12-17H,1-3,6-11H2,(H,26,32). The van der Waals surface area contributed by atoms with Crippen molar-refractivity contribution < 1.29 is 18.0 Å². The third kappa shape index (κ3) is 3.25. The van der Waals surface area contributed by atoms with E-state index in [0.717, 1.165) is 28.7 Å². The summed E-state index contributed by atoms with van der Waals surface area (Å²) in [5.41, 5.74) is 0.0608. The van der Waals surface area contributed by atoms with Crippen LogP contribution in [0, 0.1) is 29.6 Å². The van der Waals surface area contributed by atoms with Gasteiger partial charge in [-0.15, -0.1) is 15.3 Å². The van der Waals surface area contributed by atoms with Gasteiger partial charge in [-0.25, -0.2) is 0 Å². The number of alkyl halides is 3. The summed E-state index contributed by atoms with van der Waals surface area (Å²) in [6.07, 6.45) is 3.21. The van der Waals surface area contributed by atoms with Gasteiger partial charge in [0.15, 0.2) is 5.65 Å². The highest BCUT2D eigenvalue weighted by molar-refractivity contribution is 5.79. The largest absolute Gasteiger partial charge is 0.453 e. The topological polar surface area (TPSA) is 75.4 Å². The molecule has 4 fully saturated rings. The van der Waals surface area contributed by atoms with Crippen molar-refractivity contribution in [2.75, 3.05) is 18.0 Å². The molecule has 1 saturated heterocycles. The summed E-state index contributed by atoms with van der Waals surface area (Å²) < 4.78 is 40.2.